The SMILES string of the molecule is O=C(NCCNC(=O)c1ccco1)NCCc1ccc(OC(F)(F)F)cc1. The highest BCUT2D eigenvalue weighted by Crippen LogP contribution is 2.22. The molecule has 1 aromatic carbocycles. The molecule has 0 radical (unpaired) electrons. The molecule has 0 fully saturated rings. The maximum absolute atomic E-state index is 12.1. The van der Waals surface area contributed by atoms with E-state index in [1.165, 1.54) is 36.6 Å². The largest absolute Gasteiger partial charge is 0.573 e. The average Bonchev–Trinajstić information content (AvgIpc) is 3.13. The summed E-state index contributed by atoms with van der Waals surface area (Å²) in [7, 11) is 0. The Morgan fingerprint density at radius 1 is 0.963 bits per heavy atom. The Balaban J connectivity index is 1.58. The molecule has 1 heterocycles. The van der Waals surface area contributed by atoms with Crippen molar-refractivity contribution >= 4 is 11.9 Å². The number of alkyl halides is 3. The minimum atomic E-state index is -4.72. The monoisotopic (exact) mass is 385 g/mol. The Bertz CT molecular complexity index is 731. The lowest BCUT2D eigenvalue weighted by Crippen LogP contribution is -2.40. The van der Waals surface area contributed by atoms with Gasteiger partial charge in [0.2, 0.25) is 0 Å². The predicted molar refractivity (Wildman–Crippen MR) is 89.3 cm³/mol. The van der Waals surface area contributed by atoms with Gasteiger partial charge in [0.25, 0.3) is 5.91 Å². The van der Waals surface area contributed by atoms with Gasteiger partial charge in [-0.3, -0.25) is 4.79 Å². The fourth-order valence-corrected chi connectivity index (χ4v) is 2.09. The molecular formula is C17H18F3N3O4. The lowest BCUT2D eigenvalue weighted by molar-refractivity contribution is -0.274. The molecular weight excluding hydrogens is 367 g/mol. The molecule has 27 heavy (non-hydrogen) atoms. The minimum absolute atomic E-state index is 0.186. The van der Waals surface area contributed by atoms with Crippen molar-refractivity contribution in [1.82, 2.24) is 16.0 Å². The second kappa shape index (κ2) is 9.51. The molecule has 0 aliphatic heterocycles. The lowest BCUT2D eigenvalue weighted by atomic mass is 10.1. The zero-order chi connectivity index (χ0) is 19.7. The molecule has 10 heteroatoms. The Hall–Kier alpha value is -3.17. The minimum Gasteiger partial charge on any atom is -0.459 e. The highest BCUT2D eigenvalue weighted by molar-refractivity contribution is 5.91. The lowest BCUT2D eigenvalue weighted by Gasteiger charge is -2.10. The number of benzene rings is 1. The van der Waals surface area contributed by atoms with Gasteiger partial charge in [0.1, 0.15) is 5.75 Å². The van der Waals surface area contributed by atoms with Gasteiger partial charge in [0, 0.05) is 19.6 Å². The zero-order valence-corrected chi connectivity index (χ0v) is 14.1. The van der Waals surface area contributed by atoms with Crippen LogP contribution in [0, 0.1) is 0 Å². The average molecular weight is 385 g/mol. The predicted octanol–water partition coefficient (Wildman–Crippen LogP) is 2.45. The Morgan fingerprint density at radius 3 is 2.26 bits per heavy atom. The summed E-state index contributed by atoms with van der Waals surface area (Å²) in [6.07, 6.45) is -2.90. The fourth-order valence-electron chi connectivity index (χ4n) is 2.09. The number of carbonyl (C=O) groups is 2. The molecule has 0 atom stereocenters. The van der Waals surface area contributed by atoms with Crippen LogP contribution in [0.15, 0.2) is 47.1 Å². The van der Waals surface area contributed by atoms with Crippen molar-refractivity contribution < 1.29 is 31.9 Å². The van der Waals surface area contributed by atoms with Gasteiger partial charge < -0.3 is 25.1 Å². The van der Waals surface area contributed by atoms with E-state index in [0.717, 1.165) is 5.56 Å². The van der Waals surface area contributed by atoms with E-state index in [-0.39, 0.29) is 30.5 Å². The van der Waals surface area contributed by atoms with E-state index < -0.39 is 12.4 Å². The molecule has 3 N–H and O–H groups in total. The number of urea groups is 1. The van der Waals surface area contributed by atoms with Crippen molar-refractivity contribution in [2.75, 3.05) is 19.6 Å². The second-order valence-corrected chi connectivity index (χ2v) is 5.36. The van der Waals surface area contributed by atoms with Crippen LogP contribution in [0.25, 0.3) is 0 Å². The van der Waals surface area contributed by atoms with Crippen molar-refractivity contribution in [3.8, 4) is 5.75 Å². The first kappa shape index (κ1) is 20.1. The van der Waals surface area contributed by atoms with E-state index >= 15 is 0 Å². The van der Waals surface area contributed by atoms with E-state index in [0.29, 0.717) is 13.0 Å². The van der Waals surface area contributed by atoms with Gasteiger partial charge >= 0.3 is 12.4 Å². The van der Waals surface area contributed by atoms with Crippen LogP contribution < -0.4 is 20.7 Å². The summed E-state index contributed by atoms with van der Waals surface area (Å²) < 4.78 is 44.9. The quantitative estimate of drug-likeness (QED) is 0.609. The summed E-state index contributed by atoms with van der Waals surface area (Å²) in [5.74, 6) is -0.486. The molecule has 146 valence electrons. The van der Waals surface area contributed by atoms with Crippen molar-refractivity contribution in [2.45, 2.75) is 12.8 Å². The maximum atomic E-state index is 12.1. The first-order valence-corrected chi connectivity index (χ1v) is 8.01. The molecule has 0 spiro atoms. The number of furan rings is 1. The number of rotatable bonds is 8. The van der Waals surface area contributed by atoms with Crippen molar-refractivity contribution in [3.63, 3.8) is 0 Å². The van der Waals surface area contributed by atoms with Crippen LogP contribution in [0.3, 0.4) is 0 Å². The van der Waals surface area contributed by atoms with E-state index in [4.69, 9.17) is 4.42 Å². The number of carbonyl (C=O) groups excluding carboxylic acids is 2. The highest BCUT2D eigenvalue weighted by Gasteiger charge is 2.30. The van der Waals surface area contributed by atoms with Crippen LogP contribution in [0.4, 0.5) is 18.0 Å². The standard InChI is InChI=1S/C17H18F3N3O4/c18-17(19,20)27-13-5-3-12(4-6-13)7-8-22-16(25)23-10-9-21-15(24)14-2-1-11-26-14/h1-6,11H,7-10H2,(H,21,24)(H2,22,23,25). The topological polar surface area (TPSA) is 92.6 Å². The fraction of sp³-hybridized carbons (Fsp3) is 0.294. The summed E-state index contributed by atoms with van der Waals surface area (Å²) in [6, 6.07) is 8.11. The van der Waals surface area contributed by atoms with Crippen molar-refractivity contribution in [1.29, 1.82) is 0 Å². The molecule has 0 saturated carbocycles. The van der Waals surface area contributed by atoms with E-state index in [1.54, 1.807) is 6.07 Å². The van der Waals surface area contributed by atoms with Crippen LogP contribution in [-0.4, -0.2) is 37.9 Å². The number of halogens is 3. The maximum Gasteiger partial charge on any atom is 0.573 e. The van der Waals surface area contributed by atoms with E-state index in [9.17, 15) is 22.8 Å². The third kappa shape index (κ3) is 7.72. The molecule has 0 unspecified atom stereocenters. The number of hydrogen-bond acceptors (Lipinski definition) is 4. The summed E-state index contributed by atoms with van der Waals surface area (Å²) in [5, 5.41) is 7.75. The summed E-state index contributed by atoms with van der Waals surface area (Å²) >= 11 is 0. The van der Waals surface area contributed by atoms with Crippen molar-refractivity contribution in [2.24, 2.45) is 0 Å². The molecule has 0 bridgehead atoms. The zero-order valence-electron chi connectivity index (χ0n) is 14.1. The second-order valence-electron chi connectivity index (χ2n) is 5.36. The first-order valence-electron chi connectivity index (χ1n) is 8.01. The van der Waals surface area contributed by atoms with Gasteiger partial charge in [-0.05, 0) is 36.2 Å². The molecule has 2 aromatic rings. The third-order valence-corrected chi connectivity index (χ3v) is 3.30. The Morgan fingerprint density at radius 2 is 1.63 bits per heavy atom. The smallest absolute Gasteiger partial charge is 0.459 e. The van der Waals surface area contributed by atoms with Gasteiger partial charge in [-0.25, -0.2) is 4.79 Å². The summed E-state index contributed by atoms with van der Waals surface area (Å²) in [6.45, 7) is 0.749. The number of nitrogens with one attached hydrogen (secondary N) is 3. The normalized spacial score (nSPS) is 10.9. The number of amides is 3. The Kier molecular flexibility index (Phi) is 7.09. The molecule has 2 rings (SSSR count). The van der Waals surface area contributed by atoms with Crippen LogP contribution in [-0.2, 0) is 6.42 Å². The summed E-state index contributed by atoms with van der Waals surface area (Å²) in [5.41, 5.74) is 0.746. The Labute approximate surface area is 152 Å². The molecule has 3 amide bonds. The van der Waals surface area contributed by atoms with Crippen LogP contribution in [0.1, 0.15) is 16.1 Å². The van der Waals surface area contributed by atoms with Gasteiger partial charge in [-0.15, -0.1) is 13.2 Å². The van der Waals surface area contributed by atoms with E-state index in [1.807, 2.05) is 0 Å². The number of ether oxygens (including phenoxy) is 1. The summed E-state index contributed by atoms with van der Waals surface area (Å²) in [4.78, 5) is 23.2. The van der Waals surface area contributed by atoms with Gasteiger partial charge in [-0.2, -0.15) is 0 Å². The van der Waals surface area contributed by atoms with E-state index in [2.05, 4.69) is 20.7 Å². The van der Waals surface area contributed by atoms with Gasteiger partial charge in [0.05, 0.1) is 6.26 Å². The molecule has 0 aliphatic rings. The van der Waals surface area contributed by atoms with Crippen LogP contribution in [0.2, 0.25) is 0 Å². The molecule has 1 aromatic heterocycles. The van der Waals surface area contributed by atoms with Crippen LogP contribution >= 0.6 is 0 Å². The van der Waals surface area contributed by atoms with Gasteiger partial charge in [-0.1, -0.05) is 12.1 Å². The first-order chi connectivity index (χ1) is 12.8. The van der Waals surface area contributed by atoms with Crippen molar-refractivity contribution in [3.05, 3.63) is 54.0 Å². The highest BCUT2D eigenvalue weighted by atomic mass is 19.4. The molecule has 0 saturated heterocycles. The molecule has 0 aliphatic carbocycles. The van der Waals surface area contributed by atoms with Gasteiger partial charge in [0.15, 0.2) is 5.76 Å². The number of hydrogen-bond donors (Lipinski definition) is 3. The third-order valence-electron chi connectivity index (χ3n) is 3.30. The molecule has 7 nitrogen and oxygen atoms in total. The van der Waals surface area contributed by atoms with Crippen LogP contribution in [0.5, 0.6) is 5.75 Å².